The summed E-state index contributed by atoms with van der Waals surface area (Å²) >= 11 is 0. The largest absolute Gasteiger partial charge is 0.465 e. The van der Waals surface area contributed by atoms with Crippen LogP contribution in [0.3, 0.4) is 0 Å². The summed E-state index contributed by atoms with van der Waals surface area (Å²) in [5, 5.41) is 0. The van der Waals surface area contributed by atoms with Crippen LogP contribution in [0.25, 0.3) is 0 Å². The quantitative estimate of drug-likeness (QED) is 0.777. The highest BCUT2D eigenvalue weighted by molar-refractivity contribution is 7.90. The molecule has 100 valence electrons. The molecule has 18 heavy (non-hydrogen) atoms. The molecule has 0 bridgehead atoms. The van der Waals surface area contributed by atoms with Crippen LogP contribution in [0.4, 0.5) is 13.2 Å². The van der Waals surface area contributed by atoms with E-state index in [2.05, 4.69) is 4.74 Å². The molecule has 0 amide bonds. The molecule has 0 saturated carbocycles. The summed E-state index contributed by atoms with van der Waals surface area (Å²) in [4.78, 5) is 10.2. The number of benzene rings is 1. The Kier molecular flexibility index (Phi) is 3.70. The SMILES string of the molecule is COC(=O)c1ccc(C(F)(F)F)c(S(C)(=O)=O)c1. The van der Waals surface area contributed by atoms with E-state index in [4.69, 9.17) is 0 Å². The van der Waals surface area contributed by atoms with Gasteiger partial charge in [0.1, 0.15) is 0 Å². The van der Waals surface area contributed by atoms with Crippen LogP contribution < -0.4 is 0 Å². The van der Waals surface area contributed by atoms with Crippen LogP contribution in [0.15, 0.2) is 23.1 Å². The van der Waals surface area contributed by atoms with Gasteiger partial charge in [0, 0.05) is 6.26 Å². The molecule has 0 aliphatic carbocycles. The maximum Gasteiger partial charge on any atom is 0.417 e. The number of carbonyl (C=O) groups is 1. The second-order valence-corrected chi connectivity index (χ2v) is 5.46. The van der Waals surface area contributed by atoms with Crippen molar-refractivity contribution in [3.05, 3.63) is 29.3 Å². The van der Waals surface area contributed by atoms with E-state index in [0.29, 0.717) is 18.4 Å². The van der Waals surface area contributed by atoms with Gasteiger partial charge in [0.25, 0.3) is 0 Å². The summed E-state index contributed by atoms with van der Waals surface area (Å²) in [5.74, 6) is -0.909. The molecule has 1 rings (SSSR count). The van der Waals surface area contributed by atoms with Crippen LogP contribution in [0.5, 0.6) is 0 Å². The summed E-state index contributed by atoms with van der Waals surface area (Å²) in [6, 6.07) is 2.07. The smallest absolute Gasteiger partial charge is 0.417 e. The average molecular weight is 282 g/mol. The molecule has 0 heterocycles. The first-order valence-corrected chi connectivity index (χ1v) is 6.46. The molecule has 0 fully saturated rings. The van der Waals surface area contributed by atoms with E-state index < -0.39 is 32.4 Å². The first-order valence-electron chi connectivity index (χ1n) is 4.57. The van der Waals surface area contributed by atoms with Crippen molar-refractivity contribution in [2.75, 3.05) is 13.4 Å². The van der Waals surface area contributed by atoms with Crippen molar-refractivity contribution < 1.29 is 31.1 Å². The van der Waals surface area contributed by atoms with Crippen LogP contribution in [0.1, 0.15) is 15.9 Å². The Hall–Kier alpha value is -1.57. The highest BCUT2D eigenvalue weighted by Crippen LogP contribution is 2.34. The van der Waals surface area contributed by atoms with Gasteiger partial charge in [-0.1, -0.05) is 0 Å². The summed E-state index contributed by atoms with van der Waals surface area (Å²) < 4.78 is 64.8. The number of hydrogen-bond donors (Lipinski definition) is 0. The standard InChI is InChI=1S/C10H9F3O4S/c1-17-9(14)6-3-4-7(10(11,12)13)8(5-6)18(2,15)16/h3-5H,1-2H3. The van der Waals surface area contributed by atoms with Crippen molar-refractivity contribution >= 4 is 15.8 Å². The third-order valence-electron chi connectivity index (χ3n) is 2.11. The normalized spacial score (nSPS) is 12.3. The molecular formula is C10H9F3O4S. The molecule has 0 N–H and O–H groups in total. The van der Waals surface area contributed by atoms with Crippen molar-refractivity contribution in [3.8, 4) is 0 Å². The third-order valence-corrected chi connectivity index (χ3v) is 3.24. The average Bonchev–Trinajstić information content (AvgIpc) is 2.24. The zero-order valence-electron chi connectivity index (χ0n) is 9.41. The summed E-state index contributed by atoms with van der Waals surface area (Å²) in [5.41, 5.74) is -1.57. The van der Waals surface area contributed by atoms with Crippen molar-refractivity contribution in [1.29, 1.82) is 0 Å². The minimum absolute atomic E-state index is 0.258. The van der Waals surface area contributed by atoms with Gasteiger partial charge in [-0.25, -0.2) is 13.2 Å². The lowest BCUT2D eigenvalue weighted by Crippen LogP contribution is -2.14. The van der Waals surface area contributed by atoms with Crippen molar-refractivity contribution in [2.24, 2.45) is 0 Å². The Morgan fingerprint density at radius 3 is 2.22 bits per heavy atom. The van der Waals surface area contributed by atoms with Gasteiger partial charge in [0.2, 0.25) is 0 Å². The first-order chi connectivity index (χ1) is 8.07. The second-order valence-electron chi connectivity index (χ2n) is 3.47. The fraction of sp³-hybridized carbons (Fsp3) is 0.300. The van der Waals surface area contributed by atoms with Crippen LogP contribution >= 0.6 is 0 Å². The predicted molar refractivity (Wildman–Crippen MR) is 55.9 cm³/mol. The summed E-state index contributed by atoms with van der Waals surface area (Å²) in [6.45, 7) is 0. The van der Waals surface area contributed by atoms with Crippen molar-refractivity contribution in [3.63, 3.8) is 0 Å². The fourth-order valence-electron chi connectivity index (χ4n) is 1.31. The van der Waals surface area contributed by atoms with E-state index in [-0.39, 0.29) is 5.56 Å². The lowest BCUT2D eigenvalue weighted by molar-refractivity contribution is -0.139. The summed E-state index contributed by atoms with van der Waals surface area (Å²) in [7, 11) is -3.07. The van der Waals surface area contributed by atoms with Gasteiger partial charge in [0.15, 0.2) is 9.84 Å². The first kappa shape index (κ1) is 14.5. The zero-order chi connectivity index (χ0) is 14.1. The fourth-order valence-corrected chi connectivity index (χ4v) is 2.23. The molecule has 0 unspecified atom stereocenters. The molecule has 0 radical (unpaired) electrons. The monoisotopic (exact) mass is 282 g/mol. The molecule has 1 aromatic carbocycles. The number of methoxy groups -OCH3 is 1. The molecule has 4 nitrogen and oxygen atoms in total. The van der Waals surface area contributed by atoms with E-state index in [9.17, 15) is 26.4 Å². The molecule has 0 aliphatic heterocycles. The number of alkyl halides is 3. The van der Waals surface area contributed by atoms with Crippen LogP contribution in [0, 0.1) is 0 Å². The number of hydrogen-bond acceptors (Lipinski definition) is 4. The highest BCUT2D eigenvalue weighted by Gasteiger charge is 2.36. The molecule has 8 heteroatoms. The Morgan fingerprint density at radius 1 is 1.28 bits per heavy atom. The predicted octanol–water partition coefficient (Wildman–Crippen LogP) is 1.90. The lowest BCUT2D eigenvalue weighted by Gasteiger charge is -2.12. The minimum atomic E-state index is -4.81. The maximum absolute atomic E-state index is 12.6. The lowest BCUT2D eigenvalue weighted by atomic mass is 10.1. The number of ether oxygens (including phenoxy) is 1. The molecule has 0 aromatic heterocycles. The molecule has 1 aromatic rings. The van der Waals surface area contributed by atoms with Crippen molar-refractivity contribution in [1.82, 2.24) is 0 Å². The highest BCUT2D eigenvalue weighted by atomic mass is 32.2. The van der Waals surface area contributed by atoms with Gasteiger partial charge < -0.3 is 4.74 Å². The Labute approximate surface area is 101 Å². The van der Waals surface area contributed by atoms with Crippen molar-refractivity contribution in [2.45, 2.75) is 11.1 Å². The third kappa shape index (κ3) is 3.00. The number of halogens is 3. The van der Waals surface area contributed by atoms with E-state index in [1.54, 1.807) is 0 Å². The van der Waals surface area contributed by atoms with E-state index in [1.165, 1.54) is 0 Å². The van der Waals surface area contributed by atoms with Gasteiger partial charge in [-0.05, 0) is 18.2 Å². The van der Waals surface area contributed by atoms with Crippen LogP contribution in [-0.4, -0.2) is 27.8 Å². The number of esters is 1. The van der Waals surface area contributed by atoms with E-state index in [0.717, 1.165) is 13.2 Å². The molecule has 0 spiro atoms. The zero-order valence-corrected chi connectivity index (χ0v) is 10.2. The number of sulfone groups is 1. The minimum Gasteiger partial charge on any atom is -0.465 e. The van der Waals surface area contributed by atoms with E-state index in [1.807, 2.05) is 0 Å². The van der Waals surface area contributed by atoms with Crippen LogP contribution in [-0.2, 0) is 20.8 Å². The van der Waals surface area contributed by atoms with E-state index >= 15 is 0 Å². The van der Waals surface area contributed by atoms with Crippen LogP contribution in [0.2, 0.25) is 0 Å². The Balaban J connectivity index is 3.55. The van der Waals surface area contributed by atoms with Gasteiger partial charge in [-0.15, -0.1) is 0 Å². The Bertz CT molecular complexity index is 575. The number of rotatable bonds is 2. The topological polar surface area (TPSA) is 60.4 Å². The van der Waals surface area contributed by atoms with Gasteiger partial charge in [-0.3, -0.25) is 0 Å². The second kappa shape index (κ2) is 4.60. The molecule has 0 saturated heterocycles. The molecule has 0 aliphatic rings. The van der Waals surface area contributed by atoms with Gasteiger partial charge >= 0.3 is 12.1 Å². The number of carbonyl (C=O) groups excluding carboxylic acids is 1. The van der Waals surface area contributed by atoms with Gasteiger partial charge in [-0.2, -0.15) is 13.2 Å². The maximum atomic E-state index is 12.6. The Morgan fingerprint density at radius 2 is 1.83 bits per heavy atom. The molecular weight excluding hydrogens is 273 g/mol. The summed E-state index contributed by atoms with van der Waals surface area (Å²) in [6.07, 6.45) is -4.17. The molecule has 0 atom stereocenters. The van der Waals surface area contributed by atoms with Gasteiger partial charge in [0.05, 0.1) is 23.1 Å².